The van der Waals surface area contributed by atoms with Crippen LogP contribution in [-0.4, -0.2) is 17.2 Å². The van der Waals surface area contributed by atoms with Crippen molar-refractivity contribution in [3.8, 4) is 0 Å². The van der Waals surface area contributed by atoms with Crippen LogP contribution in [0.2, 0.25) is 0 Å². The maximum absolute atomic E-state index is 11.7. The third-order valence-corrected chi connectivity index (χ3v) is 3.04. The van der Waals surface area contributed by atoms with Gasteiger partial charge in [-0.3, -0.25) is 4.79 Å². The summed E-state index contributed by atoms with van der Waals surface area (Å²) >= 11 is 11.2. The zero-order valence-corrected chi connectivity index (χ0v) is 9.55. The lowest BCUT2D eigenvalue weighted by atomic mass is 9.92. The molecule has 1 aliphatic rings. The second-order valence-electron chi connectivity index (χ2n) is 3.54. The van der Waals surface area contributed by atoms with E-state index < -0.39 is 4.84 Å². The van der Waals surface area contributed by atoms with Crippen molar-refractivity contribution in [2.75, 3.05) is 6.54 Å². The predicted molar refractivity (Wildman–Crippen MR) is 61.4 cm³/mol. The number of carbonyl (C=O) groups is 1. The van der Waals surface area contributed by atoms with E-state index in [0.29, 0.717) is 0 Å². The van der Waals surface area contributed by atoms with E-state index in [1.165, 1.54) is 5.56 Å². The number of hydrogen-bond donors (Lipinski definition) is 1. The summed E-state index contributed by atoms with van der Waals surface area (Å²) in [5.74, 6) is -0.175. The van der Waals surface area contributed by atoms with Crippen molar-refractivity contribution in [1.29, 1.82) is 0 Å². The van der Waals surface area contributed by atoms with E-state index in [1.54, 1.807) is 0 Å². The Hall–Kier alpha value is -0.570. The highest BCUT2D eigenvalue weighted by Crippen LogP contribution is 2.26. The first kappa shape index (κ1) is 10.9. The van der Waals surface area contributed by atoms with E-state index >= 15 is 0 Å². The lowest BCUT2D eigenvalue weighted by molar-refractivity contribution is -0.119. The standard InChI is InChI=1S/C11H11Cl2NO/c12-11(13)10(15)9-8-4-2-1-3-7(8)5-6-14-9/h1-4,9,11,14H,5-6H2. The van der Waals surface area contributed by atoms with Gasteiger partial charge in [0.2, 0.25) is 0 Å². The Morgan fingerprint density at radius 2 is 2.13 bits per heavy atom. The number of hydrogen-bond acceptors (Lipinski definition) is 2. The van der Waals surface area contributed by atoms with Gasteiger partial charge in [0.25, 0.3) is 0 Å². The molecule has 1 atom stereocenters. The van der Waals surface area contributed by atoms with Crippen molar-refractivity contribution in [1.82, 2.24) is 5.32 Å². The Morgan fingerprint density at radius 1 is 1.40 bits per heavy atom. The number of fused-ring (bicyclic) bond motifs is 1. The molecule has 1 unspecified atom stereocenters. The van der Waals surface area contributed by atoms with Crippen molar-refractivity contribution >= 4 is 29.0 Å². The molecule has 2 rings (SSSR count). The van der Waals surface area contributed by atoms with Gasteiger partial charge in [0, 0.05) is 6.54 Å². The van der Waals surface area contributed by atoms with Crippen LogP contribution in [0.5, 0.6) is 0 Å². The van der Waals surface area contributed by atoms with Crippen LogP contribution in [0.15, 0.2) is 24.3 Å². The van der Waals surface area contributed by atoms with E-state index in [9.17, 15) is 4.79 Å². The average Bonchev–Trinajstić information content (AvgIpc) is 2.27. The molecule has 0 aromatic heterocycles. The number of rotatable bonds is 2. The fourth-order valence-corrected chi connectivity index (χ4v) is 2.14. The third kappa shape index (κ3) is 2.17. The number of nitrogens with one attached hydrogen (secondary N) is 1. The normalized spacial score (nSPS) is 20.1. The van der Waals surface area contributed by atoms with E-state index in [1.807, 2.05) is 24.3 Å². The number of ketones is 1. The summed E-state index contributed by atoms with van der Waals surface area (Å²) in [5, 5.41) is 3.14. The minimum atomic E-state index is -0.964. The second-order valence-corrected chi connectivity index (χ2v) is 4.64. The first-order chi connectivity index (χ1) is 7.20. The maximum Gasteiger partial charge on any atom is 0.187 e. The average molecular weight is 244 g/mol. The summed E-state index contributed by atoms with van der Waals surface area (Å²) in [4.78, 5) is 10.8. The highest BCUT2D eigenvalue weighted by molar-refractivity contribution is 6.54. The largest absolute Gasteiger partial charge is 0.303 e. The molecule has 0 saturated carbocycles. The molecule has 80 valence electrons. The minimum absolute atomic E-state index is 0.175. The molecule has 1 aromatic rings. The summed E-state index contributed by atoms with van der Waals surface area (Å²) < 4.78 is 0. The molecule has 0 fully saturated rings. The molecule has 2 nitrogen and oxygen atoms in total. The van der Waals surface area contributed by atoms with Gasteiger partial charge in [0.05, 0.1) is 6.04 Å². The molecule has 1 N–H and O–H groups in total. The van der Waals surface area contributed by atoms with Crippen LogP contribution in [0, 0.1) is 0 Å². The number of benzene rings is 1. The zero-order chi connectivity index (χ0) is 10.8. The number of Topliss-reactive ketones (excluding diaryl/α,β-unsaturated/α-hetero) is 1. The Bertz CT molecular complexity index is 379. The predicted octanol–water partition coefficient (Wildman–Crippen LogP) is 2.25. The molecular weight excluding hydrogens is 233 g/mol. The smallest absolute Gasteiger partial charge is 0.187 e. The first-order valence-electron chi connectivity index (χ1n) is 4.83. The van der Waals surface area contributed by atoms with Crippen LogP contribution < -0.4 is 5.32 Å². The molecule has 0 saturated heterocycles. The number of carbonyl (C=O) groups excluding carboxylic acids is 1. The molecule has 0 aliphatic carbocycles. The van der Waals surface area contributed by atoms with Gasteiger partial charge in [-0.25, -0.2) is 0 Å². The molecule has 1 heterocycles. The molecular formula is C11H11Cl2NO. The third-order valence-electron chi connectivity index (χ3n) is 2.61. The summed E-state index contributed by atoms with van der Waals surface area (Å²) in [7, 11) is 0. The zero-order valence-electron chi connectivity index (χ0n) is 8.04. The molecule has 4 heteroatoms. The Morgan fingerprint density at radius 3 is 2.87 bits per heavy atom. The molecule has 1 aliphatic heterocycles. The fraction of sp³-hybridized carbons (Fsp3) is 0.364. The van der Waals surface area contributed by atoms with Gasteiger partial charge in [0.1, 0.15) is 0 Å². The van der Waals surface area contributed by atoms with Gasteiger partial charge in [-0.05, 0) is 17.5 Å². The van der Waals surface area contributed by atoms with E-state index in [0.717, 1.165) is 18.5 Å². The van der Waals surface area contributed by atoms with Crippen LogP contribution >= 0.6 is 23.2 Å². The van der Waals surface area contributed by atoms with Crippen LogP contribution in [0.4, 0.5) is 0 Å². The first-order valence-corrected chi connectivity index (χ1v) is 5.70. The van der Waals surface area contributed by atoms with Gasteiger partial charge >= 0.3 is 0 Å². The van der Waals surface area contributed by atoms with Crippen LogP contribution in [0.1, 0.15) is 17.2 Å². The van der Waals surface area contributed by atoms with Crippen molar-refractivity contribution in [3.05, 3.63) is 35.4 Å². The fourth-order valence-electron chi connectivity index (χ4n) is 1.88. The summed E-state index contributed by atoms with van der Waals surface area (Å²) in [6, 6.07) is 7.53. The SMILES string of the molecule is O=C(C(Cl)Cl)C1NCCc2ccccc21. The quantitative estimate of drug-likeness (QED) is 0.808. The summed E-state index contributed by atoms with van der Waals surface area (Å²) in [6.45, 7) is 0.786. The van der Waals surface area contributed by atoms with Gasteiger partial charge in [0.15, 0.2) is 10.6 Å². The highest BCUT2D eigenvalue weighted by atomic mass is 35.5. The number of halogens is 2. The van der Waals surface area contributed by atoms with Crippen molar-refractivity contribution in [3.63, 3.8) is 0 Å². The topological polar surface area (TPSA) is 29.1 Å². The van der Waals surface area contributed by atoms with E-state index in [2.05, 4.69) is 5.32 Å². The van der Waals surface area contributed by atoms with Crippen LogP contribution in [0.25, 0.3) is 0 Å². The molecule has 1 aromatic carbocycles. The Labute approximate surface area is 98.6 Å². The van der Waals surface area contributed by atoms with Gasteiger partial charge in [-0.2, -0.15) is 0 Å². The molecule has 0 bridgehead atoms. The van der Waals surface area contributed by atoms with Crippen molar-refractivity contribution in [2.45, 2.75) is 17.3 Å². The molecule has 0 amide bonds. The lowest BCUT2D eigenvalue weighted by Crippen LogP contribution is -2.37. The summed E-state index contributed by atoms with van der Waals surface area (Å²) in [5.41, 5.74) is 2.20. The Kier molecular flexibility index (Phi) is 3.29. The van der Waals surface area contributed by atoms with Crippen LogP contribution in [-0.2, 0) is 11.2 Å². The van der Waals surface area contributed by atoms with E-state index in [-0.39, 0.29) is 11.8 Å². The van der Waals surface area contributed by atoms with Crippen molar-refractivity contribution in [2.24, 2.45) is 0 Å². The van der Waals surface area contributed by atoms with Crippen LogP contribution in [0.3, 0.4) is 0 Å². The van der Waals surface area contributed by atoms with E-state index in [4.69, 9.17) is 23.2 Å². The molecule has 15 heavy (non-hydrogen) atoms. The molecule has 0 spiro atoms. The van der Waals surface area contributed by atoms with Gasteiger partial charge < -0.3 is 5.32 Å². The number of alkyl halides is 2. The Balaban J connectivity index is 2.34. The van der Waals surface area contributed by atoms with Gasteiger partial charge in [-0.1, -0.05) is 47.5 Å². The van der Waals surface area contributed by atoms with Gasteiger partial charge in [-0.15, -0.1) is 0 Å². The second kappa shape index (κ2) is 4.52. The van der Waals surface area contributed by atoms with Crippen molar-refractivity contribution < 1.29 is 4.79 Å². The monoisotopic (exact) mass is 243 g/mol. The molecule has 0 radical (unpaired) electrons. The maximum atomic E-state index is 11.7. The highest BCUT2D eigenvalue weighted by Gasteiger charge is 2.28. The summed E-state index contributed by atoms with van der Waals surface area (Å²) in [6.07, 6.45) is 0.940. The minimum Gasteiger partial charge on any atom is -0.303 e. The lowest BCUT2D eigenvalue weighted by Gasteiger charge is -2.26.